The highest BCUT2D eigenvalue weighted by atomic mass is 32.2. The highest BCUT2D eigenvalue weighted by Gasteiger charge is 2.28. The molecule has 41 heavy (non-hydrogen) atoms. The van der Waals surface area contributed by atoms with Gasteiger partial charge in [-0.05, 0) is 80.2 Å². The van der Waals surface area contributed by atoms with Gasteiger partial charge in [0, 0.05) is 24.0 Å². The lowest BCUT2D eigenvalue weighted by Gasteiger charge is -2.39. The summed E-state index contributed by atoms with van der Waals surface area (Å²) in [6.45, 7) is 8.20. The summed E-state index contributed by atoms with van der Waals surface area (Å²) < 4.78 is 37.3. The van der Waals surface area contributed by atoms with Crippen LogP contribution in [0.25, 0.3) is 0 Å². The fraction of sp³-hybridized carbons (Fsp3) is 0.455. The number of anilines is 2. The van der Waals surface area contributed by atoms with Crippen LogP contribution in [-0.2, 0) is 16.7 Å². The number of aryl methyl sites for hydroxylation is 1. The third-order valence-corrected chi connectivity index (χ3v) is 8.67. The van der Waals surface area contributed by atoms with Gasteiger partial charge in [-0.2, -0.15) is 13.1 Å². The van der Waals surface area contributed by atoms with Crippen LogP contribution in [0.15, 0.2) is 78.9 Å². The summed E-state index contributed by atoms with van der Waals surface area (Å²) in [4.78, 5) is 4.87. The second-order valence-electron chi connectivity index (χ2n) is 10.8. The van der Waals surface area contributed by atoms with Crippen LogP contribution in [0.3, 0.4) is 0 Å². The van der Waals surface area contributed by atoms with Crippen molar-refractivity contribution in [2.45, 2.75) is 70.9 Å². The Kier molecular flexibility index (Phi) is 11.6. The largest absolute Gasteiger partial charge is 0.492 e. The molecule has 0 aromatic heterocycles. The molecule has 3 aromatic carbocycles. The van der Waals surface area contributed by atoms with E-state index >= 15 is 0 Å². The van der Waals surface area contributed by atoms with Crippen LogP contribution >= 0.6 is 0 Å². The zero-order valence-electron chi connectivity index (χ0n) is 24.4. The predicted molar refractivity (Wildman–Crippen MR) is 167 cm³/mol. The van der Waals surface area contributed by atoms with Crippen LogP contribution in [0.1, 0.15) is 69.5 Å². The number of ether oxygens (including phenoxy) is 1. The van der Waals surface area contributed by atoms with Gasteiger partial charge in [0.25, 0.3) is 0 Å². The molecule has 1 aliphatic heterocycles. The minimum Gasteiger partial charge on any atom is -0.492 e. The average Bonchev–Trinajstić information content (AvgIpc) is 2.99. The van der Waals surface area contributed by atoms with Gasteiger partial charge in [-0.1, -0.05) is 81.6 Å². The van der Waals surface area contributed by atoms with Gasteiger partial charge in [0.15, 0.2) is 0 Å². The van der Waals surface area contributed by atoms with Gasteiger partial charge in [-0.25, -0.2) is 0 Å². The Morgan fingerprint density at radius 3 is 2.20 bits per heavy atom. The molecule has 2 aliphatic rings. The van der Waals surface area contributed by atoms with E-state index < -0.39 is 10.3 Å². The Morgan fingerprint density at radius 1 is 0.878 bits per heavy atom. The maximum atomic E-state index is 10.3. The number of nitrogens with one attached hydrogen (secondary N) is 1. The second-order valence-corrected chi connectivity index (χ2v) is 11.9. The maximum absolute atomic E-state index is 10.3. The SMILES string of the molecule is CCN(CC)CCOc1ccc(N2c3ccccc3CCC2c2ccccc2)cc1.O=S(=O)(O)NC1CCCCC1. The Morgan fingerprint density at radius 2 is 1.54 bits per heavy atom. The van der Waals surface area contributed by atoms with Gasteiger partial charge in [0.1, 0.15) is 12.4 Å². The first kappa shape index (κ1) is 31.0. The summed E-state index contributed by atoms with van der Waals surface area (Å²) in [5.74, 6) is 0.937. The van der Waals surface area contributed by atoms with E-state index in [0.717, 1.165) is 70.5 Å². The van der Waals surface area contributed by atoms with Crippen molar-refractivity contribution < 1.29 is 17.7 Å². The van der Waals surface area contributed by atoms with Crippen LogP contribution in [0.5, 0.6) is 5.75 Å². The molecular formula is C33H45N3O4S. The molecule has 0 spiro atoms. The number of benzene rings is 3. The van der Waals surface area contributed by atoms with Gasteiger partial charge >= 0.3 is 10.3 Å². The molecular weight excluding hydrogens is 534 g/mol. The summed E-state index contributed by atoms with van der Waals surface area (Å²) in [6, 6.07) is 28.6. The Balaban J connectivity index is 0.000000296. The van der Waals surface area contributed by atoms with Crippen molar-refractivity contribution in [3.05, 3.63) is 90.0 Å². The molecule has 0 amide bonds. The molecule has 0 radical (unpaired) electrons. The number of fused-ring (bicyclic) bond motifs is 1. The summed E-state index contributed by atoms with van der Waals surface area (Å²) in [6.07, 6.45) is 7.19. The lowest BCUT2D eigenvalue weighted by Crippen LogP contribution is -2.35. The van der Waals surface area contributed by atoms with Crippen LogP contribution < -0.4 is 14.4 Å². The molecule has 1 saturated carbocycles. The van der Waals surface area contributed by atoms with E-state index in [-0.39, 0.29) is 6.04 Å². The number of nitrogens with zero attached hydrogens (tertiary/aromatic N) is 2. The maximum Gasteiger partial charge on any atom is 0.333 e. The van der Waals surface area contributed by atoms with Crippen molar-refractivity contribution in [1.82, 2.24) is 9.62 Å². The van der Waals surface area contributed by atoms with E-state index in [1.54, 1.807) is 0 Å². The van der Waals surface area contributed by atoms with E-state index in [1.807, 2.05) is 0 Å². The fourth-order valence-corrected chi connectivity index (χ4v) is 6.48. The van der Waals surface area contributed by atoms with Crippen molar-refractivity contribution in [2.24, 2.45) is 0 Å². The molecule has 1 unspecified atom stereocenters. The third kappa shape index (κ3) is 9.30. The normalized spacial score (nSPS) is 17.5. The number of likely N-dealkylation sites (N-methyl/N-ethyl adjacent to an activating group) is 1. The van der Waals surface area contributed by atoms with Crippen LogP contribution in [0, 0.1) is 0 Å². The average molecular weight is 580 g/mol. The zero-order valence-corrected chi connectivity index (χ0v) is 25.2. The molecule has 1 atom stereocenters. The molecule has 1 heterocycles. The minimum atomic E-state index is -3.97. The van der Waals surface area contributed by atoms with Crippen molar-refractivity contribution in [2.75, 3.05) is 31.1 Å². The molecule has 2 N–H and O–H groups in total. The molecule has 0 saturated heterocycles. The molecule has 8 heteroatoms. The van der Waals surface area contributed by atoms with Gasteiger partial charge in [0.2, 0.25) is 0 Å². The second kappa shape index (κ2) is 15.4. The lowest BCUT2D eigenvalue weighted by molar-refractivity contribution is 0.223. The van der Waals surface area contributed by atoms with E-state index in [4.69, 9.17) is 9.29 Å². The van der Waals surface area contributed by atoms with Gasteiger partial charge in [0.05, 0.1) is 6.04 Å². The summed E-state index contributed by atoms with van der Waals surface area (Å²) in [5.41, 5.74) is 5.32. The van der Waals surface area contributed by atoms with Crippen molar-refractivity contribution in [1.29, 1.82) is 0 Å². The van der Waals surface area contributed by atoms with E-state index in [0.29, 0.717) is 6.04 Å². The summed E-state index contributed by atoms with van der Waals surface area (Å²) in [5, 5.41) is 0. The fourth-order valence-electron chi connectivity index (χ4n) is 5.82. The summed E-state index contributed by atoms with van der Waals surface area (Å²) in [7, 11) is -3.97. The topological polar surface area (TPSA) is 82.1 Å². The number of hydrogen-bond donors (Lipinski definition) is 2. The standard InChI is InChI=1S/C27H32N2O.C6H13NO3S/c1-3-28(4-2)20-21-30-25-17-15-24(16-18-25)29-26-13-9-8-12-23(26)14-19-27(29)22-10-6-5-7-11-22;8-11(9,10)7-6-4-2-1-3-5-6/h5-13,15-18,27H,3-4,14,19-21H2,1-2H3;6-7H,1-5H2,(H,8,9,10). The van der Waals surface area contributed by atoms with Crippen LogP contribution in [-0.4, -0.2) is 50.2 Å². The molecule has 7 nitrogen and oxygen atoms in total. The molecule has 3 aromatic rings. The number of hydrogen-bond acceptors (Lipinski definition) is 5. The highest BCUT2D eigenvalue weighted by molar-refractivity contribution is 7.83. The minimum absolute atomic E-state index is 0.0428. The third-order valence-electron chi connectivity index (χ3n) is 8.04. The molecule has 222 valence electrons. The molecule has 1 aliphatic carbocycles. The Hall–Kier alpha value is -2.91. The first-order chi connectivity index (χ1) is 19.9. The quantitative estimate of drug-likeness (QED) is 0.253. The van der Waals surface area contributed by atoms with Gasteiger partial charge in [-0.15, -0.1) is 0 Å². The van der Waals surface area contributed by atoms with Crippen molar-refractivity contribution in [3.63, 3.8) is 0 Å². The summed E-state index contributed by atoms with van der Waals surface area (Å²) >= 11 is 0. The van der Waals surface area contributed by atoms with Crippen molar-refractivity contribution in [3.8, 4) is 5.75 Å². The molecule has 1 fully saturated rings. The number of para-hydroxylation sites is 1. The van der Waals surface area contributed by atoms with Gasteiger partial charge in [-0.3, -0.25) is 4.55 Å². The molecule has 5 rings (SSSR count). The smallest absolute Gasteiger partial charge is 0.333 e. The number of rotatable bonds is 10. The van der Waals surface area contributed by atoms with E-state index in [9.17, 15) is 8.42 Å². The van der Waals surface area contributed by atoms with Gasteiger partial charge < -0.3 is 14.5 Å². The Labute approximate surface area is 246 Å². The highest BCUT2D eigenvalue weighted by Crippen LogP contribution is 2.43. The predicted octanol–water partition coefficient (Wildman–Crippen LogP) is 6.94. The Bertz CT molecular complexity index is 1290. The monoisotopic (exact) mass is 579 g/mol. The van der Waals surface area contributed by atoms with E-state index in [1.165, 1.54) is 28.9 Å². The molecule has 0 bridgehead atoms. The lowest BCUT2D eigenvalue weighted by atomic mass is 9.90. The van der Waals surface area contributed by atoms with Crippen LogP contribution in [0.4, 0.5) is 11.4 Å². The first-order valence-electron chi connectivity index (χ1n) is 15.0. The zero-order chi connectivity index (χ0) is 29.1. The first-order valence-corrected chi connectivity index (χ1v) is 16.4. The van der Waals surface area contributed by atoms with Crippen molar-refractivity contribution >= 4 is 21.7 Å². The van der Waals surface area contributed by atoms with Crippen LogP contribution in [0.2, 0.25) is 0 Å². The van der Waals surface area contributed by atoms with E-state index in [2.05, 4.69) is 107 Å².